The van der Waals surface area contributed by atoms with Crippen molar-refractivity contribution in [3.05, 3.63) is 76.0 Å². The second kappa shape index (κ2) is 11.1. The Labute approximate surface area is 207 Å². The number of hydrazone groups is 1. The van der Waals surface area contributed by atoms with Crippen LogP contribution in [0.15, 0.2) is 65.1 Å². The molecule has 0 fully saturated rings. The molecule has 4 rings (SSSR count). The molecule has 2 heterocycles. The fraction of sp³-hybridized carbons (Fsp3) is 0.269. The van der Waals surface area contributed by atoms with E-state index in [-0.39, 0.29) is 18.6 Å². The van der Waals surface area contributed by atoms with Crippen LogP contribution in [0.3, 0.4) is 0 Å². The van der Waals surface area contributed by atoms with E-state index in [0.717, 1.165) is 16.2 Å². The molecule has 1 aliphatic heterocycles. The maximum absolute atomic E-state index is 13.2. The zero-order valence-electron chi connectivity index (χ0n) is 19.7. The van der Waals surface area contributed by atoms with Crippen LogP contribution in [0.4, 0.5) is 0 Å². The van der Waals surface area contributed by atoms with Crippen LogP contribution in [-0.2, 0) is 9.53 Å². The molecule has 1 atom stereocenters. The fourth-order valence-corrected chi connectivity index (χ4v) is 4.49. The van der Waals surface area contributed by atoms with Crippen LogP contribution in [0.1, 0.15) is 40.2 Å². The molecule has 35 heavy (non-hydrogen) atoms. The maximum Gasteiger partial charge on any atom is 0.338 e. The number of esters is 1. The Hall–Kier alpha value is -3.85. The molecule has 0 bridgehead atoms. The zero-order valence-corrected chi connectivity index (χ0v) is 20.5. The Morgan fingerprint density at radius 1 is 1.06 bits per heavy atom. The lowest BCUT2D eigenvalue weighted by atomic mass is 10.0. The van der Waals surface area contributed by atoms with Gasteiger partial charge in [-0.2, -0.15) is 5.10 Å². The number of thiophene rings is 1. The molecular formula is C26H26N2O6S. The quantitative estimate of drug-likeness (QED) is 0.401. The number of rotatable bonds is 9. The van der Waals surface area contributed by atoms with E-state index in [1.54, 1.807) is 56.7 Å². The molecule has 1 aromatic heterocycles. The predicted octanol–water partition coefficient (Wildman–Crippen LogP) is 4.70. The highest BCUT2D eigenvalue weighted by molar-refractivity contribution is 7.12. The standard InChI is InChI=1S/C26H26N2O6S/c1-4-33-26(30)17-7-10-19(11-8-17)34-16-25(29)28-21(15-20(27-28)24-6-5-13-35-24)18-9-12-22(31-2)23(14-18)32-3/h5-14,21H,4,15-16H2,1-3H3/t21-/m1/s1. The van der Waals surface area contributed by atoms with Crippen molar-refractivity contribution in [2.75, 3.05) is 27.4 Å². The van der Waals surface area contributed by atoms with Gasteiger partial charge in [-0.25, -0.2) is 9.80 Å². The monoisotopic (exact) mass is 494 g/mol. The van der Waals surface area contributed by atoms with Crippen molar-refractivity contribution in [1.82, 2.24) is 5.01 Å². The van der Waals surface area contributed by atoms with Gasteiger partial charge in [0.05, 0.1) is 43.0 Å². The van der Waals surface area contributed by atoms with Crippen molar-refractivity contribution in [3.63, 3.8) is 0 Å². The van der Waals surface area contributed by atoms with Gasteiger partial charge in [0.1, 0.15) is 5.75 Å². The van der Waals surface area contributed by atoms with Crippen LogP contribution in [-0.4, -0.2) is 50.0 Å². The van der Waals surface area contributed by atoms with E-state index in [1.165, 1.54) is 5.01 Å². The van der Waals surface area contributed by atoms with E-state index in [0.29, 0.717) is 35.8 Å². The van der Waals surface area contributed by atoms with Crippen LogP contribution in [0.25, 0.3) is 0 Å². The molecule has 2 aromatic carbocycles. The summed E-state index contributed by atoms with van der Waals surface area (Å²) in [4.78, 5) is 26.1. The first-order chi connectivity index (χ1) is 17.0. The Bertz CT molecular complexity index is 1210. The second-order valence-electron chi connectivity index (χ2n) is 7.63. The summed E-state index contributed by atoms with van der Waals surface area (Å²) >= 11 is 1.58. The van der Waals surface area contributed by atoms with Crippen molar-refractivity contribution < 1.29 is 28.5 Å². The molecule has 0 radical (unpaired) electrons. The second-order valence-corrected chi connectivity index (χ2v) is 8.58. The smallest absolute Gasteiger partial charge is 0.338 e. The molecule has 0 aliphatic carbocycles. The average Bonchev–Trinajstić information content (AvgIpc) is 3.58. The van der Waals surface area contributed by atoms with Crippen LogP contribution in [0.2, 0.25) is 0 Å². The number of amides is 1. The summed E-state index contributed by atoms with van der Waals surface area (Å²) in [6.45, 7) is 1.85. The lowest BCUT2D eigenvalue weighted by Gasteiger charge is -2.23. The Kier molecular flexibility index (Phi) is 7.67. The molecule has 9 heteroatoms. The van der Waals surface area contributed by atoms with Crippen LogP contribution in [0, 0.1) is 0 Å². The third kappa shape index (κ3) is 5.46. The van der Waals surface area contributed by atoms with Gasteiger partial charge in [0.2, 0.25) is 0 Å². The number of ether oxygens (including phenoxy) is 4. The number of carbonyl (C=O) groups is 2. The van der Waals surface area contributed by atoms with Crippen molar-refractivity contribution in [2.45, 2.75) is 19.4 Å². The normalized spacial score (nSPS) is 14.9. The molecule has 0 saturated carbocycles. The number of nitrogens with zero attached hydrogens (tertiary/aromatic N) is 2. The molecule has 182 valence electrons. The highest BCUT2D eigenvalue weighted by Gasteiger charge is 2.34. The lowest BCUT2D eigenvalue weighted by Crippen LogP contribution is -2.31. The molecule has 3 aromatic rings. The Morgan fingerprint density at radius 3 is 2.49 bits per heavy atom. The first-order valence-corrected chi connectivity index (χ1v) is 12.0. The van der Waals surface area contributed by atoms with Crippen molar-refractivity contribution in [2.24, 2.45) is 5.10 Å². The highest BCUT2D eigenvalue weighted by Crippen LogP contribution is 2.38. The van der Waals surface area contributed by atoms with E-state index < -0.39 is 5.97 Å². The van der Waals surface area contributed by atoms with Crippen molar-refractivity contribution in [1.29, 1.82) is 0 Å². The minimum absolute atomic E-state index is 0.205. The third-order valence-electron chi connectivity index (χ3n) is 5.49. The van der Waals surface area contributed by atoms with E-state index in [2.05, 4.69) is 5.10 Å². The minimum atomic E-state index is -0.402. The number of hydrogen-bond acceptors (Lipinski definition) is 8. The van der Waals surface area contributed by atoms with Gasteiger partial charge in [0, 0.05) is 6.42 Å². The van der Waals surface area contributed by atoms with Crippen LogP contribution < -0.4 is 14.2 Å². The summed E-state index contributed by atoms with van der Waals surface area (Å²) in [7, 11) is 3.16. The van der Waals surface area contributed by atoms with Gasteiger partial charge >= 0.3 is 5.97 Å². The van der Waals surface area contributed by atoms with Crippen LogP contribution in [0.5, 0.6) is 17.2 Å². The molecule has 0 unspecified atom stereocenters. The molecular weight excluding hydrogens is 468 g/mol. The lowest BCUT2D eigenvalue weighted by molar-refractivity contribution is -0.135. The van der Waals surface area contributed by atoms with Gasteiger partial charge in [-0.05, 0) is 60.3 Å². The Morgan fingerprint density at radius 2 is 1.83 bits per heavy atom. The number of hydrogen-bond donors (Lipinski definition) is 0. The van der Waals surface area contributed by atoms with Gasteiger partial charge in [0.25, 0.3) is 5.91 Å². The predicted molar refractivity (Wildman–Crippen MR) is 132 cm³/mol. The summed E-state index contributed by atoms with van der Waals surface area (Å²) in [5, 5.41) is 8.11. The summed E-state index contributed by atoms with van der Waals surface area (Å²) < 4.78 is 21.5. The Balaban J connectivity index is 1.52. The fourth-order valence-electron chi connectivity index (χ4n) is 3.76. The van der Waals surface area contributed by atoms with E-state index in [9.17, 15) is 9.59 Å². The van der Waals surface area contributed by atoms with E-state index >= 15 is 0 Å². The first kappa shape index (κ1) is 24.3. The molecule has 0 saturated heterocycles. The maximum atomic E-state index is 13.2. The molecule has 1 amide bonds. The topological polar surface area (TPSA) is 86.7 Å². The van der Waals surface area contributed by atoms with Crippen molar-refractivity contribution in [3.8, 4) is 17.2 Å². The largest absolute Gasteiger partial charge is 0.493 e. The number of carbonyl (C=O) groups excluding carboxylic acids is 2. The highest BCUT2D eigenvalue weighted by atomic mass is 32.1. The third-order valence-corrected chi connectivity index (χ3v) is 6.41. The number of methoxy groups -OCH3 is 2. The molecule has 8 nitrogen and oxygen atoms in total. The van der Waals surface area contributed by atoms with Crippen molar-refractivity contribution >= 4 is 28.9 Å². The summed E-state index contributed by atoms with van der Waals surface area (Å²) in [6.07, 6.45) is 0.565. The molecule has 0 spiro atoms. The van der Waals surface area contributed by atoms with E-state index in [4.69, 9.17) is 18.9 Å². The minimum Gasteiger partial charge on any atom is -0.493 e. The van der Waals surface area contributed by atoms with E-state index in [1.807, 2.05) is 35.7 Å². The SMILES string of the molecule is CCOC(=O)c1ccc(OCC(=O)N2N=C(c3cccs3)C[C@@H]2c2ccc(OC)c(OC)c2)cc1. The van der Waals surface area contributed by atoms with Gasteiger partial charge in [0.15, 0.2) is 18.1 Å². The van der Waals surface area contributed by atoms with Gasteiger partial charge in [-0.3, -0.25) is 4.79 Å². The first-order valence-electron chi connectivity index (χ1n) is 11.1. The summed E-state index contributed by atoms with van der Waals surface area (Å²) in [6, 6.07) is 15.7. The molecule has 0 N–H and O–H groups in total. The zero-order chi connectivity index (χ0) is 24.8. The molecule has 1 aliphatic rings. The van der Waals surface area contributed by atoms with Gasteiger partial charge < -0.3 is 18.9 Å². The number of benzene rings is 2. The van der Waals surface area contributed by atoms with Gasteiger partial charge in [-0.15, -0.1) is 11.3 Å². The van der Waals surface area contributed by atoms with Gasteiger partial charge in [-0.1, -0.05) is 12.1 Å². The van der Waals surface area contributed by atoms with Crippen LogP contribution >= 0.6 is 11.3 Å². The summed E-state index contributed by atoms with van der Waals surface area (Å²) in [5.74, 6) is 0.975. The average molecular weight is 495 g/mol. The summed E-state index contributed by atoms with van der Waals surface area (Å²) in [5.41, 5.74) is 2.14.